The van der Waals surface area contributed by atoms with E-state index in [1.165, 1.54) is 25.6 Å². The molecule has 0 bridgehead atoms. The number of aromatic hydroxyl groups is 1. The molecule has 0 unspecified atom stereocenters. The molecule has 0 aliphatic carbocycles. The number of anilines is 1. The first-order valence-electron chi connectivity index (χ1n) is 7.12. The lowest BCUT2D eigenvalue weighted by Gasteiger charge is -2.16. The summed E-state index contributed by atoms with van der Waals surface area (Å²) in [5.74, 6) is 0.691. The van der Waals surface area contributed by atoms with Gasteiger partial charge in [-0.15, -0.1) is 12.4 Å². The fourth-order valence-electron chi connectivity index (χ4n) is 2.39. The standard InChI is InChI=1S/C17H16FN3O2.ClH/c1-10(11-3-5-12(18)6-4-11)21-17-13-7-15(22)16(23-2)8-14(13)19-9-20-17;/h3-10,22H,1-2H3,(H,19,20,21);1H/t10-;/m1./s1. The monoisotopic (exact) mass is 349 g/mol. The first-order valence-corrected chi connectivity index (χ1v) is 7.12. The van der Waals surface area contributed by atoms with E-state index in [2.05, 4.69) is 15.3 Å². The number of aromatic nitrogens is 2. The molecule has 2 aromatic carbocycles. The minimum Gasteiger partial charge on any atom is -0.504 e. The minimum absolute atomic E-state index is 0. The van der Waals surface area contributed by atoms with E-state index in [-0.39, 0.29) is 30.0 Å². The molecule has 0 saturated carbocycles. The van der Waals surface area contributed by atoms with Crippen LogP contribution in [0.15, 0.2) is 42.7 Å². The van der Waals surface area contributed by atoms with Crippen LogP contribution in [0.1, 0.15) is 18.5 Å². The molecule has 0 fully saturated rings. The van der Waals surface area contributed by atoms with Crippen molar-refractivity contribution in [1.82, 2.24) is 9.97 Å². The van der Waals surface area contributed by atoms with Crippen LogP contribution in [0.2, 0.25) is 0 Å². The van der Waals surface area contributed by atoms with E-state index in [0.29, 0.717) is 22.5 Å². The lowest BCUT2D eigenvalue weighted by Crippen LogP contribution is -2.08. The van der Waals surface area contributed by atoms with Gasteiger partial charge in [0.05, 0.1) is 12.6 Å². The van der Waals surface area contributed by atoms with E-state index >= 15 is 0 Å². The smallest absolute Gasteiger partial charge is 0.162 e. The molecule has 3 rings (SSSR count). The maximum Gasteiger partial charge on any atom is 0.162 e. The van der Waals surface area contributed by atoms with E-state index < -0.39 is 0 Å². The average Bonchev–Trinajstić information content (AvgIpc) is 2.55. The van der Waals surface area contributed by atoms with Gasteiger partial charge in [-0.1, -0.05) is 12.1 Å². The van der Waals surface area contributed by atoms with Crippen molar-refractivity contribution in [3.8, 4) is 11.5 Å². The third-order valence-electron chi connectivity index (χ3n) is 3.66. The summed E-state index contributed by atoms with van der Waals surface area (Å²) in [4.78, 5) is 8.43. The number of ether oxygens (including phenoxy) is 1. The number of methoxy groups -OCH3 is 1. The molecule has 1 atom stereocenters. The quantitative estimate of drug-likeness (QED) is 0.743. The zero-order valence-electron chi connectivity index (χ0n) is 13.2. The second-order valence-electron chi connectivity index (χ2n) is 5.18. The molecule has 24 heavy (non-hydrogen) atoms. The van der Waals surface area contributed by atoms with Gasteiger partial charge in [-0.05, 0) is 30.7 Å². The Morgan fingerprint density at radius 2 is 1.88 bits per heavy atom. The Hall–Kier alpha value is -2.60. The summed E-state index contributed by atoms with van der Waals surface area (Å²) in [6, 6.07) is 9.41. The Kier molecular flexibility index (Phi) is 5.41. The summed E-state index contributed by atoms with van der Waals surface area (Å²) in [6.45, 7) is 1.95. The molecule has 7 heteroatoms. The third kappa shape index (κ3) is 3.49. The van der Waals surface area contributed by atoms with Crippen LogP contribution >= 0.6 is 12.4 Å². The number of rotatable bonds is 4. The molecule has 0 saturated heterocycles. The summed E-state index contributed by atoms with van der Waals surface area (Å²) < 4.78 is 18.1. The third-order valence-corrected chi connectivity index (χ3v) is 3.66. The number of benzene rings is 2. The zero-order valence-corrected chi connectivity index (χ0v) is 14.0. The number of hydrogen-bond acceptors (Lipinski definition) is 5. The molecule has 0 amide bonds. The Morgan fingerprint density at radius 3 is 2.54 bits per heavy atom. The lowest BCUT2D eigenvalue weighted by molar-refractivity contribution is 0.374. The Bertz CT molecular complexity index is 843. The Morgan fingerprint density at radius 1 is 1.17 bits per heavy atom. The largest absolute Gasteiger partial charge is 0.504 e. The average molecular weight is 350 g/mol. The normalized spacial score (nSPS) is 11.6. The second-order valence-corrected chi connectivity index (χ2v) is 5.18. The van der Waals surface area contributed by atoms with Gasteiger partial charge in [0.15, 0.2) is 11.5 Å². The van der Waals surface area contributed by atoms with Crippen LogP contribution in [0.25, 0.3) is 10.9 Å². The molecule has 0 spiro atoms. The van der Waals surface area contributed by atoms with Gasteiger partial charge in [0, 0.05) is 17.5 Å². The molecule has 2 N–H and O–H groups in total. The van der Waals surface area contributed by atoms with Gasteiger partial charge in [0.2, 0.25) is 0 Å². The highest BCUT2D eigenvalue weighted by Gasteiger charge is 2.12. The summed E-state index contributed by atoms with van der Waals surface area (Å²) in [5, 5.41) is 13.9. The Balaban J connectivity index is 0.00000208. The Labute approximate surface area is 144 Å². The number of phenols is 1. The SMILES string of the molecule is COc1cc2ncnc(N[C@H](C)c3ccc(F)cc3)c2cc1O.Cl. The molecular weight excluding hydrogens is 333 g/mol. The van der Waals surface area contributed by atoms with Crippen molar-refractivity contribution in [1.29, 1.82) is 0 Å². The number of halogens is 2. The zero-order chi connectivity index (χ0) is 16.4. The van der Waals surface area contributed by atoms with Crippen molar-refractivity contribution in [2.24, 2.45) is 0 Å². The molecule has 0 radical (unpaired) electrons. The van der Waals surface area contributed by atoms with Crippen molar-refractivity contribution in [2.45, 2.75) is 13.0 Å². The van der Waals surface area contributed by atoms with Crippen LogP contribution in [0.3, 0.4) is 0 Å². The molecule has 5 nitrogen and oxygen atoms in total. The van der Waals surface area contributed by atoms with Gasteiger partial charge < -0.3 is 15.2 Å². The van der Waals surface area contributed by atoms with Gasteiger partial charge in [-0.2, -0.15) is 0 Å². The fourth-order valence-corrected chi connectivity index (χ4v) is 2.39. The molecule has 0 aliphatic rings. The van der Waals surface area contributed by atoms with Crippen LogP contribution in [0.4, 0.5) is 10.2 Å². The van der Waals surface area contributed by atoms with Gasteiger partial charge in [0.25, 0.3) is 0 Å². The van der Waals surface area contributed by atoms with E-state index in [4.69, 9.17) is 4.74 Å². The second kappa shape index (κ2) is 7.31. The van der Waals surface area contributed by atoms with Crippen LogP contribution in [-0.4, -0.2) is 22.2 Å². The summed E-state index contributed by atoms with van der Waals surface area (Å²) in [5.41, 5.74) is 1.58. The van der Waals surface area contributed by atoms with Gasteiger partial charge in [-0.25, -0.2) is 14.4 Å². The summed E-state index contributed by atoms with van der Waals surface area (Å²) in [7, 11) is 1.48. The van der Waals surface area contributed by atoms with Crippen LogP contribution in [0, 0.1) is 5.82 Å². The minimum atomic E-state index is -0.273. The molecular formula is C17H17ClFN3O2. The maximum absolute atomic E-state index is 13.0. The lowest BCUT2D eigenvalue weighted by atomic mass is 10.1. The number of nitrogens with zero attached hydrogens (tertiary/aromatic N) is 2. The summed E-state index contributed by atoms with van der Waals surface area (Å²) >= 11 is 0. The highest BCUT2D eigenvalue weighted by Crippen LogP contribution is 2.33. The molecule has 126 valence electrons. The highest BCUT2D eigenvalue weighted by molar-refractivity contribution is 5.91. The van der Waals surface area contributed by atoms with E-state index in [9.17, 15) is 9.50 Å². The van der Waals surface area contributed by atoms with Gasteiger partial charge in [-0.3, -0.25) is 0 Å². The van der Waals surface area contributed by atoms with Crippen molar-refractivity contribution in [3.05, 3.63) is 54.1 Å². The molecule has 3 aromatic rings. The van der Waals surface area contributed by atoms with Crippen molar-refractivity contribution in [2.75, 3.05) is 12.4 Å². The van der Waals surface area contributed by atoms with Crippen molar-refractivity contribution >= 4 is 29.1 Å². The van der Waals surface area contributed by atoms with Crippen LogP contribution in [-0.2, 0) is 0 Å². The molecule has 0 aliphatic heterocycles. The predicted molar refractivity (Wildman–Crippen MR) is 93.4 cm³/mol. The molecule has 1 aromatic heterocycles. The van der Waals surface area contributed by atoms with Crippen molar-refractivity contribution in [3.63, 3.8) is 0 Å². The number of phenolic OH excluding ortho intramolecular Hbond substituents is 1. The van der Waals surface area contributed by atoms with Gasteiger partial charge in [0.1, 0.15) is 18.0 Å². The number of nitrogens with one attached hydrogen (secondary N) is 1. The van der Waals surface area contributed by atoms with E-state index in [0.717, 1.165) is 5.56 Å². The first-order chi connectivity index (χ1) is 11.1. The number of fused-ring (bicyclic) bond motifs is 1. The number of hydrogen-bond donors (Lipinski definition) is 2. The maximum atomic E-state index is 13.0. The predicted octanol–water partition coefficient (Wildman–Crippen LogP) is 4.08. The van der Waals surface area contributed by atoms with Crippen LogP contribution < -0.4 is 10.1 Å². The van der Waals surface area contributed by atoms with Gasteiger partial charge >= 0.3 is 0 Å². The van der Waals surface area contributed by atoms with Crippen LogP contribution in [0.5, 0.6) is 11.5 Å². The summed E-state index contributed by atoms with van der Waals surface area (Å²) in [6.07, 6.45) is 1.44. The molecule has 1 heterocycles. The van der Waals surface area contributed by atoms with E-state index in [1.807, 2.05) is 6.92 Å². The van der Waals surface area contributed by atoms with E-state index in [1.54, 1.807) is 24.3 Å². The fraction of sp³-hybridized carbons (Fsp3) is 0.176. The van der Waals surface area contributed by atoms with Crippen molar-refractivity contribution < 1.29 is 14.2 Å². The highest BCUT2D eigenvalue weighted by atomic mass is 35.5. The first kappa shape index (κ1) is 17.7. The topological polar surface area (TPSA) is 67.3 Å².